The number of halogens is 1. The number of fused-ring (bicyclic) bond motifs is 1. The molecule has 3 heterocycles. The van der Waals surface area contributed by atoms with Crippen LogP contribution in [-0.4, -0.2) is 46.3 Å². The second-order valence-corrected chi connectivity index (χ2v) is 5.43. The minimum atomic E-state index is -0.268. The molecular formula is C16H15FN6. The molecule has 23 heavy (non-hydrogen) atoms. The van der Waals surface area contributed by atoms with Crippen molar-refractivity contribution in [1.82, 2.24) is 20.2 Å². The monoisotopic (exact) mass is 310 g/mol. The van der Waals surface area contributed by atoms with Gasteiger partial charge in [-0.25, -0.2) is 14.4 Å². The van der Waals surface area contributed by atoms with E-state index in [-0.39, 0.29) is 5.82 Å². The molecule has 1 aromatic carbocycles. The Kier molecular flexibility index (Phi) is 3.45. The fraction of sp³-hybridized carbons (Fsp3) is 0.250. The van der Waals surface area contributed by atoms with E-state index < -0.39 is 0 Å². The van der Waals surface area contributed by atoms with Gasteiger partial charge >= 0.3 is 0 Å². The van der Waals surface area contributed by atoms with Crippen LogP contribution in [0.25, 0.3) is 10.9 Å². The maximum atomic E-state index is 13.6. The topological polar surface area (TPSA) is 58.0 Å². The largest absolute Gasteiger partial charge is 0.367 e. The lowest BCUT2D eigenvalue weighted by atomic mass is 10.2. The Labute approximate surface area is 132 Å². The van der Waals surface area contributed by atoms with Gasteiger partial charge in [0.25, 0.3) is 0 Å². The summed E-state index contributed by atoms with van der Waals surface area (Å²) in [5.41, 5.74) is 1.83. The molecule has 1 fully saturated rings. The molecule has 0 aliphatic carbocycles. The van der Waals surface area contributed by atoms with Crippen molar-refractivity contribution in [3.63, 3.8) is 0 Å². The summed E-state index contributed by atoms with van der Waals surface area (Å²) >= 11 is 0. The van der Waals surface area contributed by atoms with E-state index in [1.54, 1.807) is 18.5 Å². The van der Waals surface area contributed by atoms with Crippen LogP contribution in [0.1, 0.15) is 0 Å². The number of hydrogen-bond acceptors (Lipinski definition) is 6. The predicted molar refractivity (Wildman–Crippen MR) is 86.0 cm³/mol. The van der Waals surface area contributed by atoms with E-state index in [0.717, 1.165) is 48.6 Å². The molecule has 2 aromatic heterocycles. The Balaban J connectivity index is 1.58. The van der Waals surface area contributed by atoms with Crippen LogP contribution in [0.5, 0.6) is 0 Å². The molecule has 116 valence electrons. The minimum absolute atomic E-state index is 0.268. The third kappa shape index (κ3) is 2.65. The summed E-state index contributed by atoms with van der Waals surface area (Å²) in [4.78, 5) is 13.0. The first-order valence-electron chi connectivity index (χ1n) is 7.48. The highest BCUT2D eigenvalue weighted by Gasteiger charge is 2.20. The van der Waals surface area contributed by atoms with Crippen LogP contribution < -0.4 is 9.80 Å². The van der Waals surface area contributed by atoms with Gasteiger partial charge in [-0.15, -0.1) is 0 Å². The van der Waals surface area contributed by atoms with Gasteiger partial charge in [-0.3, -0.25) is 0 Å². The second kappa shape index (κ2) is 5.75. The Morgan fingerprint density at radius 2 is 1.74 bits per heavy atom. The Bertz CT molecular complexity index is 817. The maximum Gasteiger partial charge on any atom is 0.140 e. The van der Waals surface area contributed by atoms with Gasteiger partial charge in [0.1, 0.15) is 18.0 Å². The van der Waals surface area contributed by atoms with Gasteiger partial charge in [0.15, 0.2) is 0 Å². The van der Waals surface area contributed by atoms with Crippen molar-refractivity contribution < 1.29 is 4.39 Å². The number of anilines is 2. The van der Waals surface area contributed by atoms with Gasteiger partial charge in [-0.1, -0.05) is 0 Å². The molecule has 0 atom stereocenters. The van der Waals surface area contributed by atoms with E-state index in [9.17, 15) is 4.39 Å². The lowest BCUT2D eigenvalue weighted by Crippen LogP contribution is -2.47. The highest BCUT2D eigenvalue weighted by Crippen LogP contribution is 2.25. The molecule has 1 aliphatic rings. The van der Waals surface area contributed by atoms with E-state index in [2.05, 4.69) is 30.0 Å². The molecule has 1 aliphatic heterocycles. The molecule has 6 nitrogen and oxygen atoms in total. The van der Waals surface area contributed by atoms with E-state index in [0.29, 0.717) is 0 Å². The Hall–Kier alpha value is -2.83. The highest BCUT2D eigenvalue weighted by atomic mass is 19.1. The molecule has 0 spiro atoms. The van der Waals surface area contributed by atoms with Crippen molar-refractivity contribution in [2.75, 3.05) is 36.0 Å². The Morgan fingerprint density at radius 1 is 0.913 bits per heavy atom. The molecule has 1 saturated heterocycles. The van der Waals surface area contributed by atoms with Crippen molar-refractivity contribution in [2.45, 2.75) is 0 Å². The highest BCUT2D eigenvalue weighted by molar-refractivity contribution is 5.89. The van der Waals surface area contributed by atoms with Crippen molar-refractivity contribution in [3.8, 4) is 0 Å². The number of piperazine rings is 1. The molecule has 0 radical (unpaired) electrons. The zero-order valence-corrected chi connectivity index (χ0v) is 12.4. The van der Waals surface area contributed by atoms with Gasteiger partial charge in [-0.05, 0) is 24.3 Å². The van der Waals surface area contributed by atoms with E-state index in [1.807, 2.05) is 6.07 Å². The predicted octanol–water partition coefficient (Wildman–Crippen LogP) is 1.89. The van der Waals surface area contributed by atoms with Crippen LogP contribution in [0.15, 0.2) is 43.0 Å². The van der Waals surface area contributed by atoms with Crippen LogP contribution in [0.4, 0.5) is 15.9 Å². The number of hydrogen-bond donors (Lipinski definition) is 0. The second-order valence-electron chi connectivity index (χ2n) is 5.43. The lowest BCUT2D eigenvalue weighted by Gasteiger charge is -2.36. The molecule has 0 N–H and O–H groups in total. The number of rotatable bonds is 2. The summed E-state index contributed by atoms with van der Waals surface area (Å²) in [5.74, 6) is 0.525. The molecule has 4 rings (SSSR count). The average Bonchev–Trinajstić information content (AvgIpc) is 2.62. The van der Waals surface area contributed by atoms with Gasteiger partial charge in [0.05, 0.1) is 23.6 Å². The van der Waals surface area contributed by atoms with Crippen LogP contribution in [0, 0.1) is 5.82 Å². The molecule has 0 bridgehead atoms. The smallest absolute Gasteiger partial charge is 0.140 e. The summed E-state index contributed by atoms with van der Waals surface area (Å²) in [6.45, 7) is 3.33. The molecule has 0 unspecified atom stereocenters. The summed E-state index contributed by atoms with van der Waals surface area (Å²) < 4.78 is 13.6. The maximum absolute atomic E-state index is 13.6. The minimum Gasteiger partial charge on any atom is -0.367 e. The first kappa shape index (κ1) is 13.8. The molecule has 0 amide bonds. The van der Waals surface area contributed by atoms with Gasteiger partial charge < -0.3 is 9.80 Å². The summed E-state index contributed by atoms with van der Waals surface area (Å²) in [6, 6.07) is 6.57. The molecule has 0 saturated carbocycles. The average molecular weight is 310 g/mol. The van der Waals surface area contributed by atoms with Crippen LogP contribution >= 0.6 is 0 Å². The third-order valence-corrected chi connectivity index (χ3v) is 4.09. The summed E-state index contributed by atoms with van der Waals surface area (Å²) in [7, 11) is 0. The van der Waals surface area contributed by atoms with E-state index in [1.165, 1.54) is 18.5 Å². The number of nitrogens with zero attached hydrogens (tertiary/aromatic N) is 6. The first-order valence-corrected chi connectivity index (χ1v) is 7.48. The van der Waals surface area contributed by atoms with E-state index >= 15 is 0 Å². The number of aromatic nitrogens is 4. The van der Waals surface area contributed by atoms with Crippen LogP contribution in [-0.2, 0) is 0 Å². The third-order valence-electron chi connectivity index (χ3n) is 4.09. The SMILES string of the molecule is Fc1ccc2ncnc(N3CCN(c4ccnnc4)CC3)c2c1. The van der Waals surface area contributed by atoms with Gasteiger partial charge in [0, 0.05) is 31.6 Å². The van der Waals surface area contributed by atoms with Crippen molar-refractivity contribution in [2.24, 2.45) is 0 Å². The van der Waals surface area contributed by atoms with Crippen LogP contribution in [0.2, 0.25) is 0 Å². The lowest BCUT2D eigenvalue weighted by molar-refractivity contribution is 0.628. The van der Waals surface area contributed by atoms with Crippen LogP contribution in [0.3, 0.4) is 0 Å². The normalized spacial score (nSPS) is 15.2. The quantitative estimate of drug-likeness (QED) is 0.720. The Morgan fingerprint density at radius 3 is 2.52 bits per heavy atom. The molecule has 3 aromatic rings. The first-order chi connectivity index (χ1) is 11.3. The summed E-state index contributed by atoms with van der Waals surface area (Å²) in [6.07, 6.45) is 5.00. The molecule has 7 heteroatoms. The number of benzene rings is 1. The fourth-order valence-corrected chi connectivity index (χ4v) is 2.91. The van der Waals surface area contributed by atoms with E-state index in [4.69, 9.17) is 0 Å². The molecular weight excluding hydrogens is 295 g/mol. The zero-order chi connectivity index (χ0) is 15.6. The van der Waals surface area contributed by atoms with Gasteiger partial charge in [-0.2, -0.15) is 10.2 Å². The fourth-order valence-electron chi connectivity index (χ4n) is 2.91. The van der Waals surface area contributed by atoms with Crippen molar-refractivity contribution in [3.05, 3.63) is 48.8 Å². The standard InChI is InChI=1S/C16H15FN6/c17-12-1-2-15-14(9-12)16(19-11-18-15)23-7-5-22(6-8-23)13-3-4-20-21-10-13/h1-4,9-11H,5-8H2. The van der Waals surface area contributed by atoms with Crippen molar-refractivity contribution in [1.29, 1.82) is 0 Å². The van der Waals surface area contributed by atoms with Crippen molar-refractivity contribution >= 4 is 22.4 Å². The van der Waals surface area contributed by atoms with Gasteiger partial charge in [0.2, 0.25) is 0 Å². The zero-order valence-electron chi connectivity index (χ0n) is 12.4. The summed E-state index contributed by atoms with van der Waals surface area (Å²) in [5, 5.41) is 8.48.